The average Bonchev–Trinajstić information content (AvgIpc) is 3.39. The number of benzene rings is 1. The minimum absolute atomic E-state index is 0.00269. The number of hydrogen-bond acceptors (Lipinski definition) is 4. The summed E-state index contributed by atoms with van der Waals surface area (Å²) in [5.41, 5.74) is 0.791. The highest BCUT2D eigenvalue weighted by molar-refractivity contribution is 6.06. The van der Waals surface area contributed by atoms with Gasteiger partial charge in [-0.15, -0.1) is 0 Å². The molecule has 0 spiro atoms. The Labute approximate surface area is 140 Å². The monoisotopic (exact) mass is 324 g/mol. The largest absolute Gasteiger partial charge is 0.495 e. The summed E-state index contributed by atoms with van der Waals surface area (Å²) in [4.78, 5) is 27.2. The number of hydrogen-bond donors (Lipinski definition) is 1. The molecule has 6 atom stereocenters. The quantitative estimate of drug-likeness (QED) is 0.681. The maximum atomic E-state index is 12.9. The molecule has 0 unspecified atom stereocenters. The summed E-state index contributed by atoms with van der Waals surface area (Å²) < 4.78 is 5.31. The first-order valence-corrected chi connectivity index (χ1v) is 8.61. The minimum Gasteiger partial charge on any atom is -0.495 e. The third kappa shape index (κ3) is 1.75. The highest BCUT2D eigenvalue weighted by Gasteiger charge is 2.66. The summed E-state index contributed by atoms with van der Waals surface area (Å²) in [6, 6.07) is 7.53. The molecule has 1 heterocycles. The lowest BCUT2D eigenvalue weighted by Crippen LogP contribution is -2.40. The molecule has 5 aliphatic rings. The Morgan fingerprint density at radius 2 is 1.71 bits per heavy atom. The Morgan fingerprint density at radius 1 is 1.08 bits per heavy atom. The van der Waals surface area contributed by atoms with Crippen LogP contribution < -0.4 is 10.1 Å². The molecule has 0 aromatic heterocycles. The molecule has 2 saturated carbocycles. The lowest BCUT2D eigenvalue weighted by Gasteiger charge is -2.37. The van der Waals surface area contributed by atoms with Gasteiger partial charge < -0.3 is 10.1 Å². The lowest BCUT2D eigenvalue weighted by atomic mass is 9.63. The molecular weight excluding hydrogens is 304 g/mol. The van der Waals surface area contributed by atoms with Gasteiger partial charge in [0.25, 0.3) is 0 Å². The summed E-state index contributed by atoms with van der Waals surface area (Å²) in [5, 5.41) is 3.19. The molecule has 4 aliphatic carbocycles. The van der Waals surface area contributed by atoms with E-state index in [-0.39, 0.29) is 42.2 Å². The number of anilines is 1. The van der Waals surface area contributed by atoms with Crippen molar-refractivity contribution >= 4 is 17.5 Å². The third-order valence-corrected chi connectivity index (χ3v) is 6.29. The number of nitrogens with zero attached hydrogens (tertiary/aromatic N) is 1. The van der Waals surface area contributed by atoms with Crippen LogP contribution in [0.25, 0.3) is 0 Å². The van der Waals surface area contributed by atoms with E-state index in [1.165, 1.54) is 11.3 Å². The molecule has 2 amide bonds. The van der Waals surface area contributed by atoms with E-state index in [0.717, 1.165) is 5.69 Å². The number of likely N-dealkylation sites (tertiary alicyclic amines) is 1. The van der Waals surface area contributed by atoms with E-state index in [1.807, 2.05) is 24.3 Å². The summed E-state index contributed by atoms with van der Waals surface area (Å²) in [6.45, 7) is 0.208. The molecule has 2 bridgehead atoms. The number of amides is 2. The first-order chi connectivity index (χ1) is 11.7. The number of rotatable bonds is 4. The summed E-state index contributed by atoms with van der Waals surface area (Å²) in [7, 11) is 1.61. The highest BCUT2D eigenvalue weighted by Crippen LogP contribution is 2.65. The Bertz CT molecular complexity index is 723. The van der Waals surface area contributed by atoms with Crippen LogP contribution >= 0.6 is 0 Å². The zero-order chi connectivity index (χ0) is 16.4. The van der Waals surface area contributed by atoms with Crippen LogP contribution in [0.4, 0.5) is 5.69 Å². The number of carbonyl (C=O) groups is 2. The maximum Gasteiger partial charge on any atom is 0.235 e. The van der Waals surface area contributed by atoms with Gasteiger partial charge in [0, 0.05) is 0 Å². The lowest BCUT2D eigenvalue weighted by molar-refractivity contribution is -0.139. The van der Waals surface area contributed by atoms with Crippen molar-refractivity contribution in [1.82, 2.24) is 4.90 Å². The zero-order valence-corrected chi connectivity index (χ0v) is 13.5. The fourth-order valence-corrected chi connectivity index (χ4v) is 5.13. The van der Waals surface area contributed by atoms with Crippen molar-refractivity contribution in [3.8, 4) is 5.75 Å². The van der Waals surface area contributed by atoms with Crippen molar-refractivity contribution in [1.29, 1.82) is 0 Å². The normalized spacial score (nSPS) is 38.1. The Morgan fingerprint density at radius 3 is 2.33 bits per heavy atom. The minimum atomic E-state index is -0.129. The van der Waals surface area contributed by atoms with E-state index >= 15 is 0 Å². The van der Waals surface area contributed by atoms with E-state index in [9.17, 15) is 9.59 Å². The number of carbonyl (C=O) groups excluding carboxylic acids is 2. The van der Waals surface area contributed by atoms with E-state index in [1.54, 1.807) is 7.11 Å². The summed E-state index contributed by atoms with van der Waals surface area (Å²) in [5.74, 6) is 2.27. The molecule has 1 aliphatic heterocycles. The van der Waals surface area contributed by atoms with Gasteiger partial charge in [-0.1, -0.05) is 24.3 Å². The third-order valence-electron chi connectivity index (χ3n) is 6.29. The van der Waals surface area contributed by atoms with Crippen molar-refractivity contribution in [3.05, 3.63) is 36.4 Å². The van der Waals surface area contributed by atoms with Crippen molar-refractivity contribution in [3.63, 3.8) is 0 Å². The Hall–Kier alpha value is -2.30. The van der Waals surface area contributed by atoms with E-state index in [4.69, 9.17) is 4.74 Å². The Balaban J connectivity index is 1.37. The van der Waals surface area contributed by atoms with Gasteiger partial charge >= 0.3 is 0 Å². The average molecular weight is 324 g/mol. The molecule has 5 heteroatoms. The number of allylic oxidation sites excluding steroid dienone is 2. The van der Waals surface area contributed by atoms with Gasteiger partial charge in [-0.2, -0.15) is 0 Å². The number of methoxy groups -OCH3 is 1. The van der Waals surface area contributed by atoms with Crippen LogP contribution in [0.15, 0.2) is 36.4 Å². The zero-order valence-electron chi connectivity index (χ0n) is 13.5. The summed E-state index contributed by atoms with van der Waals surface area (Å²) in [6.07, 6.45) is 5.58. The standard InChI is InChI=1S/C19H20N2O3/c1-24-15-5-3-2-4-14(15)20-9-21-18(22)16-10-6-7-11(13-8-12(10)13)17(16)19(21)23/h2-7,10-13,16-17,20H,8-9H2,1H3/t10-,11-,12-,13+,16-,17-/m1/s1. The van der Waals surface area contributed by atoms with Gasteiger partial charge in [0.15, 0.2) is 0 Å². The highest BCUT2D eigenvalue weighted by atomic mass is 16.5. The number of ether oxygens (including phenoxy) is 1. The second-order valence-corrected chi connectivity index (χ2v) is 7.29. The van der Waals surface area contributed by atoms with Crippen molar-refractivity contribution in [2.24, 2.45) is 35.5 Å². The second kappa shape index (κ2) is 4.85. The van der Waals surface area contributed by atoms with Crippen LogP contribution in [0.3, 0.4) is 0 Å². The molecule has 124 valence electrons. The molecule has 3 fully saturated rings. The van der Waals surface area contributed by atoms with Gasteiger partial charge in [0.2, 0.25) is 11.8 Å². The molecule has 1 saturated heterocycles. The van der Waals surface area contributed by atoms with Gasteiger partial charge in [-0.25, -0.2) is 0 Å². The van der Waals surface area contributed by atoms with Gasteiger partial charge in [0.1, 0.15) is 5.75 Å². The van der Waals surface area contributed by atoms with Crippen molar-refractivity contribution in [2.45, 2.75) is 6.42 Å². The predicted octanol–water partition coefficient (Wildman–Crippen LogP) is 2.12. The molecular formula is C19H20N2O3. The first-order valence-electron chi connectivity index (χ1n) is 8.61. The molecule has 1 aromatic rings. The second-order valence-electron chi connectivity index (χ2n) is 7.29. The Kier molecular flexibility index (Phi) is 2.84. The predicted molar refractivity (Wildman–Crippen MR) is 88.0 cm³/mol. The number of imide groups is 1. The fraction of sp³-hybridized carbons (Fsp3) is 0.474. The number of nitrogens with one attached hydrogen (secondary N) is 1. The molecule has 6 rings (SSSR count). The van der Waals surface area contributed by atoms with E-state index in [0.29, 0.717) is 17.6 Å². The van der Waals surface area contributed by atoms with Crippen molar-refractivity contribution < 1.29 is 14.3 Å². The van der Waals surface area contributed by atoms with Crippen LogP contribution in [0.2, 0.25) is 0 Å². The topological polar surface area (TPSA) is 58.6 Å². The van der Waals surface area contributed by atoms with Crippen LogP contribution in [-0.4, -0.2) is 30.5 Å². The fourth-order valence-electron chi connectivity index (χ4n) is 5.13. The first kappa shape index (κ1) is 14.1. The maximum absolute atomic E-state index is 12.9. The van der Waals surface area contributed by atoms with E-state index < -0.39 is 0 Å². The molecule has 1 N–H and O–H groups in total. The van der Waals surface area contributed by atoms with Crippen LogP contribution in [0, 0.1) is 35.5 Å². The van der Waals surface area contributed by atoms with Crippen LogP contribution in [-0.2, 0) is 9.59 Å². The van der Waals surface area contributed by atoms with E-state index in [2.05, 4.69) is 17.5 Å². The van der Waals surface area contributed by atoms with Gasteiger partial charge in [-0.3, -0.25) is 14.5 Å². The van der Waals surface area contributed by atoms with Crippen LogP contribution in [0.5, 0.6) is 5.75 Å². The summed E-state index contributed by atoms with van der Waals surface area (Å²) >= 11 is 0. The van der Waals surface area contributed by atoms with Crippen molar-refractivity contribution in [2.75, 3.05) is 19.1 Å². The molecule has 24 heavy (non-hydrogen) atoms. The number of para-hydroxylation sites is 2. The molecule has 1 aromatic carbocycles. The van der Waals surface area contributed by atoms with Crippen LogP contribution in [0.1, 0.15) is 6.42 Å². The van der Waals surface area contributed by atoms with Gasteiger partial charge in [0.05, 0.1) is 31.3 Å². The smallest absolute Gasteiger partial charge is 0.235 e. The van der Waals surface area contributed by atoms with Gasteiger partial charge in [-0.05, 0) is 42.2 Å². The molecule has 0 radical (unpaired) electrons. The molecule has 5 nitrogen and oxygen atoms in total. The SMILES string of the molecule is COc1ccccc1NCN1C(=O)[C@@H]2[C@@H]3C=C[C@H]([C@@H]4C[C@H]34)[C@H]2C1=O.